The Balaban J connectivity index is 4.42. The van der Waals surface area contributed by atoms with E-state index in [2.05, 4.69) is 118 Å². The average molecular weight is 1090 g/mol. The van der Waals surface area contributed by atoms with Crippen molar-refractivity contribution < 1.29 is 28.6 Å². The van der Waals surface area contributed by atoms with Crippen LogP contribution in [0.1, 0.15) is 323 Å². The fraction of sp³-hybridized carbons (Fsp3) is 0.736. The lowest BCUT2D eigenvalue weighted by atomic mass is 10.0. The van der Waals surface area contributed by atoms with Crippen LogP contribution < -0.4 is 0 Å². The van der Waals surface area contributed by atoms with Gasteiger partial charge in [-0.2, -0.15) is 0 Å². The minimum atomic E-state index is -0.795. The molecule has 0 aromatic rings. The SMILES string of the molecule is CC/C=C\C/C=C\C/C=C\C/C=C\C/C=C\C/C=C\C/C=C\CCCCCC(=O)OCC(COC(=O)CCCCCCC/C=C\CCCCCCCC)OC(=O)CCCCCCCCCCCCCCCCCCCCCC. The molecule has 0 fully saturated rings. The van der Waals surface area contributed by atoms with Crippen LogP contribution in [-0.4, -0.2) is 37.2 Å². The molecular weight excluding hydrogens is 961 g/mol. The van der Waals surface area contributed by atoms with Gasteiger partial charge in [-0.15, -0.1) is 0 Å². The largest absolute Gasteiger partial charge is 0.462 e. The highest BCUT2D eigenvalue weighted by molar-refractivity contribution is 5.71. The number of ether oxygens (including phenoxy) is 3. The van der Waals surface area contributed by atoms with Crippen molar-refractivity contribution >= 4 is 17.9 Å². The molecule has 0 aromatic heterocycles. The van der Waals surface area contributed by atoms with E-state index in [0.29, 0.717) is 19.3 Å². The van der Waals surface area contributed by atoms with Gasteiger partial charge in [-0.3, -0.25) is 14.4 Å². The van der Waals surface area contributed by atoms with Crippen LogP contribution in [0.5, 0.6) is 0 Å². The van der Waals surface area contributed by atoms with E-state index in [9.17, 15) is 14.4 Å². The molecule has 0 amide bonds. The highest BCUT2D eigenvalue weighted by Gasteiger charge is 2.19. The Morgan fingerprint density at radius 3 is 0.808 bits per heavy atom. The predicted molar refractivity (Wildman–Crippen MR) is 339 cm³/mol. The van der Waals surface area contributed by atoms with Gasteiger partial charge >= 0.3 is 17.9 Å². The van der Waals surface area contributed by atoms with Crippen molar-refractivity contribution in [3.8, 4) is 0 Å². The zero-order valence-electron chi connectivity index (χ0n) is 51.4. The maximum atomic E-state index is 12.9. The standard InChI is InChI=1S/C72H124O6/c1-4-7-10-13-16-19-22-25-28-30-32-34-35-36-37-38-40-41-44-47-50-53-56-59-62-65-71(74)77-68-69(67-76-70(73)64-61-58-55-52-49-46-43-27-24-21-18-15-12-9-6-3)78-72(75)66-63-60-57-54-51-48-45-42-39-33-31-29-26-23-20-17-14-11-8-5-2/h7,10,16,19,25,27-28,32,34,36-37,40-41,43,47,50,69H,4-6,8-9,11-15,17-18,20-24,26,29-31,33,35,38-39,42,44-46,48-49,51-68H2,1-3H3/b10-7-,19-16-,28-25-,34-32-,37-36-,41-40-,43-27-,50-47-. The molecule has 0 spiro atoms. The smallest absolute Gasteiger partial charge is 0.306 e. The summed E-state index contributed by atoms with van der Waals surface area (Å²) in [4.78, 5) is 38.4. The summed E-state index contributed by atoms with van der Waals surface area (Å²) < 4.78 is 16.9. The predicted octanol–water partition coefficient (Wildman–Crippen LogP) is 22.8. The van der Waals surface area contributed by atoms with Crippen molar-refractivity contribution in [1.82, 2.24) is 0 Å². The Labute approximate surface area is 483 Å². The molecule has 0 rings (SSSR count). The summed E-state index contributed by atoms with van der Waals surface area (Å²) in [5.74, 6) is -0.918. The number of carbonyl (C=O) groups is 3. The van der Waals surface area contributed by atoms with Crippen molar-refractivity contribution in [1.29, 1.82) is 0 Å². The minimum absolute atomic E-state index is 0.0902. The van der Waals surface area contributed by atoms with Crippen LogP contribution in [0.15, 0.2) is 97.2 Å². The summed E-state index contributed by atoms with van der Waals surface area (Å²) >= 11 is 0. The topological polar surface area (TPSA) is 78.9 Å². The van der Waals surface area contributed by atoms with Crippen molar-refractivity contribution in [3.63, 3.8) is 0 Å². The maximum absolute atomic E-state index is 12.9. The number of rotatable bonds is 60. The Bertz CT molecular complexity index is 1530. The number of unbranched alkanes of at least 4 members (excludes halogenated alkanes) is 33. The van der Waals surface area contributed by atoms with Gasteiger partial charge in [-0.1, -0.05) is 298 Å². The third kappa shape index (κ3) is 63.2. The number of hydrogen-bond acceptors (Lipinski definition) is 6. The van der Waals surface area contributed by atoms with Gasteiger partial charge < -0.3 is 14.2 Å². The molecule has 0 bridgehead atoms. The molecule has 0 aliphatic carbocycles. The summed E-state index contributed by atoms with van der Waals surface area (Å²) in [5.41, 5.74) is 0. The van der Waals surface area contributed by atoms with Gasteiger partial charge in [0.25, 0.3) is 0 Å². The number of allylic oxidation sites excluding steroid dienone is 16. The zero-order valence-corrected chi connectivity index (χ0v) is 51.4. The second-order valence-corrected chi connectivity index (χ2v) is 22.0. The molecular formula is C72H124O6. The quantitative estimate of drug-likeness (QED) is 0.0261. The molecule has 6 heteroatoms. The lowest BCUT2D eigenvalue weighted by Crippen LogP contribution is -2.30. The van der Waals surface area contributed by atoms with Crippen molar-refractivity contribution in [2.24, 2.45) is 0 Å². The average Bonchev–Trinajstić information content (AvgIpc) is 3.44. The molecule has 0 saturated carbocycles. The first-order valence-electron chi connectivity index (χ1n) is 33.2. The molecule has 448 valence electrons. The van der Waals surface area contributed by atoms with Crippen LogP contribution >= 0.6 is 0 Å². The van der Waals surface area contributed by atoms with Gasteiger partial charge in [0.1, 0.15) is 13.2 Å². The summed E-state index contributed by atoms with van der Waals surface area (Å²) in [6.07, 6.45) is 88.4. The maximum Gasteiger partial charge on any atom is 0.306 e. The van der Waals surface area contributed by atoms with Crippen LogP contribution in [0.4, 0.5) is 0 Å². The lowest BCUT2D eigenvalue weighted by molar-refractivity contribution is -0.167. The molecule has 0 aromatic carbocycles. The van der Waals surface area contributed by atoms with E-state index >= 15 is 0 Å². The number of hydrogen-bond donors (Lipinski definition) is 0. The van der Waals surface area contributed by atoms with E-state index in [0.717, 1.165) is 116 Å². The number of esters is 3. The Morgan fingerprint density at radius 1 is 0.269 bits per heavy atom. The fourth-order valence-electron chi connectivity index (χ4n) is 9.36. The molecule has 1 atom stereocenters. The second-order valence-electron chi connectivity index (χ2n) is 22.0. The van der Waals surface area contributed by atoms with E-state index in [-0.39, 0.29) is 31.1 Å². The zero-order chi connectivity index (χ0) is 56.4. The van der Waals surface area contributed by atoms with Gasteiger partial charge in [0, 0.05) is 19.3 Å². The normalized spacial score (nSPS) is 12.7. The molecule has 0 heterocycles. The number of carbonyl (C=O) groups excluding carboxylic acids is 3. The first-order valence-corrected chi connectivity index (χ1v) is 33.2. The van der Waals surface area contributed by atoms with Crippen LogP contribution in [-0.2, 0) is 28.6 Å². The van der Waals surface area contributed by atoms with Gasteiger partial charge in [-0.25, -0.2) is 0 Å². The Morgan fingerprint density at radius 2 is 0.500 bits per heavy atom. The Hall–Kier alpha value is -3.67. The first kappa shape index (κ1) is 74.3. The third-order valence-electron chi connectivity index (χ3n) is 14.3. The van der Waals surface area contributed by atoms with Crippen LogP contribution in [0, 0.1) is 0 Å². The van der Waals surface area contributed by atoms with Crippen LogP contribution in [0.3, 0.4) is 0 Å². The van der Waals surface area contributed by atoms with Crippen LogP contribution in [0.25, 0.3) is 0 Å². The first-order chi connectivity index (χ1) is 38.5. The molecule has 6 nitrogen and oxygen atoms in total. The van der Waals surface area contributed by atoms with E-state index in [4.69, 9.17) is 14.2 Å². The van der Waals surface area contributed by atoms with Gasteiger partial charge in [0.05, 0.1) is 0 Å². The van der Waals surface area contributed by atoms with E-state index in [1.165, 1.54) is 167 Å². The third-order valence-corrected chi connectivity index (χ3v) is 14.3. The van der Waals surface area contributed by atoms with Crippen molar-refractivity contribution in [3.05, 3.63) is 97.2 Å². The van der Waals surface area contributed by atoms with Gasteiger partial charge in [-0.05, 0) is 103 Å². The fourth-order valence-corrected chi connectivity index (χ4v) is 9.36. The molecule has 0 radical (unpaired) electrons. The summed E-state index contributed by atoms with van der Waals surface area (Å²) in [7, 11) is 0. The summed E-state index contributed by atoms with van der Waals surface area (Å²) in [6.45, 7) is 6.53. The molecule has 0 aliphatic rings. The minimum Gasteiger partial charge on any atom is -0.462 e. The molecule has 78 heavy (non-hydrogen) atoms. The summed E-state index contributed by atoms with van der Waals surface area (Å²) in [5, 5.41) is 0. The monoisotopic (exact) mass is 1080 g/mol. The van der Waals surface area contributed by atoms with E-state index in [1.54, 1.807) is 0 Å². The van der Waals surface area contributed by atoms with E-state index < -0.39 is 6.10 Å². The van der Waals surface area contributed by atoms with Gasteiger partial charge in [0.2, 0.25) is 0 Å². The highest BCUT2D eigenvalue weighted by Crippen LogP contribution is 2.17. The van der Waals surface area contributed by atoms with Crippen molar-refractivity contribution in [2.45, 2.75) is 329 Å². The van der Waals surface area contributed by atoms with Gasteiger partial charge in [0.15, 0.2) is 6.10 Å². The molecule has 0 aliphatic heterocycles. The molecule has 1 unspecified atom stereocenters. The Kier molecular flexibility index (Phi) is 62.7. The van der Waals surface area contributed by atoms with Crippen LogP contribution in [0.2, 0.25) is 0 Å². The highest BCUT2D eigenvalue weighted by atomic mass is 16.6. The lowest BCUT2D eigenvalue weighted by Gasteiger charge is -2.18. The summed E-state index contributed by atoms with van der Waals surface area (Å²) in [6, 6.07) is 0. The van der Waals surface area contributed by atoms with E-state index in [1.807, 2.05) is 0 Å². The molecule has 0 N–H and O–H groups in total. The molecule has 0 saturated heterocycles. The van der Waals surface area contributed by atoms with Crippen molar-refractivity contribution in [2.75, 3.05) is 13.2 Å². The second kappa shape index (κ2) is 65.8.